The van der Waals surface area contributed by atoms with Gasteiger partial charge in [0.05, 0.1) is 24.3 Å². The summed E-state index contributed by atoms with van der Waals surface area (Å²) >= 11 is 0. The van der Waals surface area contributed by atoms with E-state index in [1.165, 1.54) is 0 Å². The molecule has 0 aromatic heterocycles. The summed E-state index contributed by atoms with van der Waals surface area (Å²) in [4.78, 5) is 47.8. The molecule has 0 spiro atoms. The molecular formula is C70H64O12. The summed E-state index contributed by atoms with van der Waals surface area (Å²) in [7, 11) is 0. The summed E-state index contributed by atoms with van der Waals surface area (Å²) in [5.41, 5.74) is 11.7. The van der Waals surface area contributed by atoms with Crippen LogP contribution in [0.3, 0.4) is 0 Å². The minimum Gasteiger partial charge on any atom is -0.493 e. The summed E-state index contributed by atoms with van der Waals surface area (Å²) in [5.74, 6) is 4.54. The van der Waals surface area contributed by atoms with E-state index < -0.39 is 11.9 Å². The highest BCUT2D eigenvalue weighted by Crippen LogP contribution is 2.48. The molecule has 0 heterocycles. The lowest BCUT2D eigenvalue weighted by atomic mass is 9.99. The van der Waals surface area contributed by atoms with Crippen LogP contribution in [-0.2, 0) is 23.0 Å². The topological polar surface area (TPSA) is 126 Å². The van der Waals surface area contributed by atoms with Crippen LogP contribution in [-0.4, -0.2) is 38.4 Å². The number of hydrogen-bond donors (Lipinski definition) is 0. The molecule has 0 aliphatic heterocycles. The van der Waals surface area contributed by atoms with Gasteiger partial charge in [-0.3, -0.25) is 0 Å². The largest absolute Gasteiger partial charge is 0.493 e. The summed E-state index contributed by atoms with van der Waals surface area (Å²) in [5, 5.41) is 0. The molecule has 0 bridgehead atoms. The molecule has 2 atom stereocenters. The Bertz CT molecular complexity index is 3510. The smallest absolute Gasteiger partial charge is 0.343 e. The molecule has 0 saturated heterocycles. The van der Waals surface area contributed by atoms with Crippen molar-refractivity contribution in [2.24, 2.45) is 0 Å². The first-order chi connectivity index (χ1) is 40.1. The van der Waals surface area contributed by atoms with E-state index in [9.17, 15) is 9.59 Å². The lowest BCUT2D eigenvalue weighted by Crippen LogP contribution is -2.08. The minimum absolute atomic E-state index is 0.0941. The molecule has 8 aromatic rings. The predicted molar refractivity (Wildman–Crippen MR) is 317 cm³/mol. The molecule has 0 N–H and O–H groups in total. The number of carbonyl (C=O) groups excluding carboxylic acids is 2. The molecule has 0 amide bonds. The number of esters is 2. The van der Waals surface area contributed by atoms with Crippen LogP contribution in [0.15, 0.2) is 220 Å². The van der Waals surface area contributed by atoms with Gasteiger partial charge in [0.15, 0.2) is 11.5 Å². The first-order valence-corrected chi connectivity index (χ1v) is 27.0. The van der Waals surface area contributed by atoms with Crippen molar-refractivity contribution in [3.63, 3.8) is 0 Å². The van der Waals surface area contributed by atoms with Gasteiger partial charge in [0.2, 0.25) is 0 Å². The number of fused-ring (bicyclic) bond motifs is 6. The normalized spacial score (nSPS) is 13.0. The van der Waals surface area contributed by atoms with Crippen molar-refractivity contribution < 1.29 is 57.6 Å². The Morgan fingerprint density at radius 3 is 1.02 bits per heavy atom. The number of benzene rings is 8. The highest BCUT2D eigenvalue weighted by Gasteiger charge is 2.29. The van der Waals surface area contributed by atoms with E-state index >= 15 is 0 Å². The summed E-state index contributed by atoms with van der Waals surface area (Å²) in [6.07, 6.45) is 8.57. The van der Waals surface area contributed by atoms with Gasteiger partial charge in [-0.25, -0.2) is 9.59 Å². The van der Waals surface area contributed by atoms with Gasteiger partial charge in [0, 0.05) is 11.8 Å². The molecular weight excluding hydrogens is 1030 g/mol. The third-order valence-electron chi connectivity index (χ3n) is 13.7. The third kappa shape index (κ3) is 14.6. The summed E-state index contributed by atoms with van der Waals surface area (Å²) < 4.78 is 33.6. The van der Waals surface area contributed by atoms with Crippen LogP contribution < -0.4 is 38.2 Å². The number of carbonyl (C=O) groups is 2. The lowest BCUT2D eigenvalue weighted by Gasteiger charge is -2.10. The van der Waals surface area contributed by atoms with E-state index in [4.69, 9.17) is 48.0 Å². The van der Waals surface area contributed by atoms with Gasteiger partial charge in [0.1, 0.15) is 60.9 Å². The van der Waals surface area contributed by atoms with Crippen molar-refractivity contribution in [2.75, 3.05) is 26.4 Å². The Kier molecular flexibility index (Phi) is 19.5. The van der Waals surface area contributed by atoms with E-state index in [0.717, 1.165) is 80.0 Å². The fraction of sp³-hybridized carbons (Fsp3) is 0.171. The lowest BCUT2D eigenvalue weighted by molar-refractivity contribution is -0.217. The van der Waals surface area contributed by atoms with Crippen molar-refractivity contribution >= 4 is 11.9 Å². The number of ether oxygens (including phenoxy) is 6. The van der Waals surface area contributed by atoms with E-state index in [0.29, 0.717) is 85.3 Å². The van der Waals surface area contributed by atoms with Crippen LogP contribution in [0, 0.1) is 0 Å². The van der Waals surface area contributed by atoms with Gasteiger partial charge in [-0.1, -0.05) is 99.8 Å². The standard InChI is InChI=1S/C36H34O6.C34H30O6/c1-4-6-20-38-28-12-8-26(9-13-28)24-40-42-31-17-19-33-32-18-16-30(22-34(32)25(3)35(33)23-31)41-36(37)27-10-14-29(15-11-27)39-21-7-5-2;1-4-18-36-26-10-6-24(7-11-26)22-38-40-29-15-17-31-30-16-14-28(20-32(30)23(3)33(31)21-29)39-34(35)25-8-12-27(13-9-25)37-19-5-2/h4-5,8-19,22-23,25H,1-2,6-7,20-21,24H2,3H3;4-17,20-21,23H,1-2,18-19,22H2,3H3. The monoisotopic (exact) mass is 1100 g/mol. The highest BCUT2D eigenvalue weighted by atomic mass is 17.2. The molecule has 10 rings (SSSR count). The Labute approximate surface area is 478 Å². The van der Waals surface area contributed by atoms with E-state index in [1.54, 1.807) is 66.8 Å². The van der Waals surface area contributed by atoms with Gasteiger partial charge in [-0.2, -0.15) is 9.78 Å². The van der Waals surface area contributed by atoms with E-state index in [1.807, 2.05) is 127 Å². The predicted octanol–water partition coefficient (Wildman–Crippen LogP) is 16.1. The average molecular weight is 1100 g/mol. The molecule has 0 saturated carbocycles. The summed E-state index contributed by atoms with van der Waals surface area (Å²) in [6.45, 7) is 21.5. The molecule has 82 heavy (non-hydrogen) atoms. The third-order valence-corrected chi connectivity index (χ3v) is 13.7. The first kappa shape index (κ1) is 57.1. The number of rotatable bonds is 26. The van der Waals surface area contributed by atoms with Gasteiger partial charge in [0.25, 0.3) is 0 Å². The van der Waals surface area contributed by atoms with Crippen LogP contribution in [0.25, 0.3) is 22.3 Å². The molecule has 416 valence electrons. The fourth-order valence-corrected chi connectivity index (χ4v) is 9.37. The minimum atomic E-state index is -0.426. The van der Waals surface area contributed by atoms with Crippen LogP contribution in [0.5, 0.6) is 46.0 Å². The molecule has 2 unspecified atom stereocenters. The van der Waals surface area contributed by atoms with E-state index in [-0.39, 0.29) is 11.8 Å². The SMILES string of the molecule is C=CCCOc1ccc(COOc2ccc3c(c2)C(C)c2cc(OC(=O)c4ccc(OCCC=C)cc4)ccc2-3)cc1.C=CCOc1ccc(COOc2ccc3c(c2)C(C)c2cc(OC(=O)c4ccc(OCC=C)cc4)ccc2-3)cc1. The fourth-order valence-electron chi connectivity index (χ4n) is 9.37. The second-order valence-electron chi connectivity index (χ2n) is 19.3. The van der Waals surface area contributed by atoms with Crippen LogP contribution in [0.1, 0.15) is 92.6 Å². The maximum Gasteiger partial charge on any atom is 0.343 e. The maximum atomic E-state index is 12.8. The molecule has 0 fully saturated rings. The van der Waals surface area contributed by atoms with Crippen LogP contribution >= 0.6 is 0 Å². The van der Waals surface area contributed by atoms with Crippen LogP contribution in [0.4, 0.5) is 0 Å². The molecule has 12 heteroatoms. The van der Waals surface area contributed by atoms with Gasteiger partial charge >= 0.3 is 11.9 Å². The second-order valence-corrected chi connectivity index (χ2v) is 19.3. The van der Waals surface area contributed by atoms with Gasteiger partial charge < -0.3 is 38.2 Å². The number of hydrogen-bond acceptors (Lipinski definition) is 12. The van der Waals surface area contributed by atoms with Gasteiger partial charge in [-0.05, 0) is 190 Å². The molecule has 2 aliphatic rings. The Balaban J connectivity index is 0.000000198. The zero-order chi connectivity index (χ0) is 57.2. The quantitative estimate of drug-likeness (QED) is 0.0128. The molecule has 12 nitrogen and oxygen atoms in total. The van der Waals surface area contributed by atoms with Crippen molar-refractivity contribution in [1.29, 1.82) is 0 Å². The van der Waals surface area contributed by atoms with Crippen molar-refractivity contribution in [3.05, 3.63) is 265 Å². The molecule has 0 radical (unpaired) electrons. The van der Waals surface area contributed by atoms with Gasteiger partial charge in [-0.15, -0.1) is 13.2 Å². The second kappa shape index (κ2) is 28.0. The Morgan fingerprint density at radius 1 is 0.378 bits per heavy atom. The Morgan fingerprint density at radius 2 is 0.683 bits per heavy atom. The Hall–Kier alpha value is -9.62. The van der Waals surface area contributed by atoms with Crippen LogP contribution in [0.2, 0.25) is 0 Å². The highest BCUT2D eigenvalue weighted by molar-refractivity contribution is 5.92. The van der Waals surface area contributed by atoms with E-state index in [2.05, 4.69) is 40.2 Å². The zero-order valence-corrected chi connectivity index (χ0v) is 46.0. The maximum absolute atomic E-state index is 12.8. The molecule has 2 aliphatic carbocycles. The molecule has 8 aromatic carbocycles. The zero-order valence-electron chi connectivity index (χ0n) is 46.0. The van der Waals surface area contributed by atoms with Crippen molar-refractivity contribution in [1.82, 2.24) is 0 Å². The van der Waals surface area contributed by atoms with Crippen molar-refractivity contribution in [2.45, 2.75) is 51.7 Å². The summed E-state index contributed by atoms with van der Waals surface area (Å²) in [6, 6.07) is 52.5. The average Bonchev–Trinajstić information content (AvgIpc) is 3.29. The first-order valence-electron chi connectivity index (χ1n) is 27.0. The van der Waals surface area contributed by atoms with Crippen molar-refractivity contribution in [3.8, 4) is 68.2 Å².